The van der Waals surface area contributed by atoms with Crippen molar-refractivity contribution in [2.24, 2.45) is 0 Å². The van der Waals surface area contributed by atoms with Gasteiger partial charge in [-0.3, -0.25) is 14.9 Å². The molecular formula is C22H34N4O4S. The van der Waals surface area contributed by atoms with E-state index < -0.39 is 0 Å². The summed E-state index contributed by atoms with van der Waals surface area (Å²) in [5, 5.41) is 3.52. The number of likely N-dealkylation sites (tertiary alicyclic amines) is 1. The van der Waals surface area contributed by atoms with E-state index >= 15 is 0 Å². The molecule has 3 amide bonds. The molecule has 172 valence electrons. The Hall–Kier alpha value is -2.16. The van der Waals surface area contributed by atoms with Crippen LogP contribution in [-0.4, -0.2) is 64.5 Å². The lowest BCUT2D eigenvalue weighted by atomic mass is 9.91. The molecule has 1 aliphatic heterocycles. The standard InChI is InChI=1S/C22H34N4O4S/c1-4-30-20(28)14-19-15(2)31-21(23-19)24-22(29)26(17-8-6-5-7-9-17)18-10-12-25(13-11-18)16(3)27/h17-18H,4-14H2,1-3H3,(H,23,24,29). The summed E-state index contributed by atoms with van der Waals surface area (Å²) < 4.78 is 5.02. The van der Waals surface area contributed by atoms with Crippen LogP contribution in [0.2, 0.25) is 0 Å². The summed E-state index contributed by atoms with van der Waals surface area (Å²) in [6, 6.07) is 0.228. The van der Waals surface area contributed by atoms with Crippen LogP contribution in [0.25, 0.3) is 0 Å². The van der Waals surface area contributed by atoms with E-state index in [0.717, 1.165) is 43.4 Å². The SMILES string of the molecule is CCOC(=O)Cc1nc(NC(=O)N(C2CCCCC2)C2CCN(C(C)=O)CC2)sc1C. The molecule has 0 radical (unpaired) electrons. The fraction of sp³-hybridized carbons (Fsp3) is 0.727. The van der Waals surface area contributed by atoms with Crippen LogP contribution in [0.4, 0.5) is 9.93 Å². The first-order valence-electron chi connectivity index (χ1n) is 11.4. The van der Waals surface area contributed by atoms with Gasteiger partial charge in [0.25, 0.3) is 0 Å². The van der Waals surface area contributed by atoms with Crippen LogP contribution in [0.5, 0.6) is 0 Å². The molecule has 31 heavy (non-hydrogen) atoms. The smallest absolute Gasteiger partial charge is 0.324 e. The molecule has 0 aromatic carbocycles. The Balaban J connectivity index is 1.70. The number of ether oxygens (including phenoxy) is 1. The van der Waals surface area contributed by atoms with Crippen molar-refractivity contribution < 1.29 is 19.1 Å². The van der Waals surface area contributed by atoms with Gasteiger partial charge in [0.1, 0.15) is 0 Å². The van der Waals surface area contributed by atoms with Crippen LogP contribution in [-0.2, 0) is 20.7 Å². The number of piperidine rings is 1. The van der Waals surface area contributed by atoms with Crippen LogP contribution in [0, 0.1) is 6.92 Å². The summed E-state index contributed by atoms with van der Waals surface area (Å²) in [6.07, 6.45) is 7.25. The normalized spacial score (nSPS) is 18.0. The fourth-order valence-corrected chi connectivity index (χ4v) is 5.42. The minimum atomic E-state index is -0.310. The predicted molar refractivity (Wildman–Crippen MR) is 120 cm³/mol. The second kappa shape index (κ2) is 10.9. The number of aryl methyl sites for hydroxylation is 1. The molecule has 2 heterocycles. The Kier molecular flexibility index (Phi) is 8.28. The summed E-state index contributed by atoms with van der Waals surface area (Å²) in [7, 11) is 0. The zero-order valence-electron chi connectivity index (χ0n) is 18.8. The third kappa shape index (κ3) is 6.18. The van der Waals surface area contributed by atoms with Gasteiger partial charge in [-0.2, -0.15) is 0 Å². The number of hydrogen-bond donors (Lipinski definition) is 1. The van der Waals surface area contributed by atoms with Crippen molar-refractivity contribution in [2.75, 3.05) is 25.0 Å². The van der Waals surface area contributed by atoms with E-state index in [1.807, 2.05) is 16.7 Å². The highest BCUT2D eigenvalue weighted by Gasteiger charge is 2.34. The molecule has 9 heteroatoms. The van der Waals surface area contributed by atoms with Gasteiger partial charge in [-0.05, 0) is 39.5 Å². The third-order valence-electron chi connectivity index (χ3n) is 6.23. The zero-order valence-corrected chi connectivity index (χ0v) is 19.6. The van der Waals surface area contributed by atoms with Gasteiger partial charge in [-0.1, -0.05) is 19.3 Å². The van der Waals surface area contributed by atoms with Gasteiger partial charge >= 0.3 is 12.0 Å². The van der Waals surface area contributed by atoms with Gasteiger partial charge in [0.05, 0.1) is 18.7 Å². The number of carbonyl (C=O) groups is 3. The van der Waals surface area contributed by atoms with Crippen molar-refractivity contribution in [3.05, 3.63) is 10.6 Å². The first-order chi connectivity index (χ1) is 14.9. The summed E-state index contributed by atoms with van der Waals surface area (Å²) in [4.78, 5) is 46.2. The monoisotopic (exact) mass is 450 g/mol. The molecule has 8 nitrogen and oxygen atoms in total. The third-order valence-corrected chi connectivity index (χ3v) is 7.16. The van der Waals surface area contributed by atoms with Crippen molar-refractivity contribution >= 4 is 34.4 Å². The van der Waals surface area contributed by atoms with Crippen molar-refractivity contribution in [3.8, 4) is 0 Å². The second-order valence-electron chi connectivity index (χ2n) is 8.37. The van der Waals surface area contributed by atoms with E-state index in [1.165, 1.54) is 17.8 Å². The summed E-state index contributed by atoms with van der Waals surface area (Å²) in [5.41, 5.74) is 0.651. The Bertz CT molecular complexity index is 782. The van der Waals surface area contributed by atoms with Crippen LogP contribution < -0.4 is 5.32 Å². The molecule has 0 atom stereocenters. The van der Waals surface area contributed by atoms with Gasteiger partial charge in [0, 0.05) is 37.0 Å². The van der Waals surface area contributed by atoms with Crippen LogP contribution in [0.3, 0.4) is 0 Å². The fourth-order valence-electron chi connectivity index (χ4n) is 4.60. The molecule has 1 aromatic heterocycles. The number of thiazole rings is 1. The number of carbonyl (C=O) groups excluding carboxylic acids is 3. The molecule has 1 aromatic rings. The molecule has 2 aliphatic rings. The maximum absolute atomic E-state index is 13.4. The minimum Gasteiger partial charge on any atom is -0.466 e. The number of anilines is 1. The van der Waals surface area contributed by atoms with Crippen LogP contribution >= 0.6 is 11.3 Å². The van der Waals surface area contributed by atoms with Crippen molar-refractivity contribution in [3.63, 3.8) is 0 Å². The molecule has 1 saturated carbocycles. The molecule has 1 saturated heterocycles. The lowest BCUT2D eigenvalue weighted by Gasteiger charge is -2.43. The number of urea groups is 1. The van der Waals surface area contributed by atoms with Crippen molar-refractivity contribution in [1.29, 1.82) is 0 Å². The van der Waals surface area contributed by atoms with Gasteiger partial charge < -0.3 is 14.5 Å². The van der Waals surface area contributed by atoms with Gasteiger partial charge in [-0.25, -0.2) is 9.78 Å². The first-order valence-corrected chi connectivity index (χ1v) is 12.2. The number of amides is 3. The van der Waals surface area contributed by atoms with Gasteiger partial charge in [-0.15, -0.1) is 11.3 Å². The van der Waals surface area contributed by atoms with Crippen molar-refractivity contribution in [1.82, 2.24) is 14.8 Å². The Labute approximate surface area is 188 Å². The number of hydrogen-bond acceptors (Lipinski definition) is 6. The average molecular weight is 451 g/mol. The first kappa shape index (κ1) is 23.5. The highest BCUT2D eigenvalue weighted by atomic mass is 32.1. The Morgan fingerprint density at radius 1 is 1.13 bits per heavy atom. The maximum Gasteiger partial charge on any atom is 0.324 e. The van der Waals surface area contributed by atoms with Gasteiger partial charge in [0.2, 0.25) is 5.91 Å². The number of esters is 1. The Morgan fingerprint density at radius 3 is 2.39 bits per heavy atom. The number of rotatable bonds is 6. The lowest BCUT2D eigenvalue weighted by molar-refractivity contribution is -0.142. The molecule has 2 fully saturated rings. The summed E-state index contributed by atoms with van der Waals surface area (Å²) in [6.45, 7) is 7.00. The van der Waals surface area contributed by atoms with E-state index in [0.29, 0.717) is 30.5 Å². The number of nitrogens with zero attached hydrogens (tertiary/aromatic N) is 3. The largest absolute Gasteiger partial charge is 0.466 e. The van der Waals surface area contributed by atoms with E-state index in [1.54, 1.807) is 13.8 Å². The minimum absolute atomic E-state index is 0.0968. The molecule has 3 rings (SSSR count). The maximum atomic E-state index is 13.4. The summed E-state index contributed by atoms with van der Waals surface area (Å²) >= 11 is 1.39. The Morgan fingerprint density at radius 2 is 1.77 bits per heavy atom. The van der Waals surface area contributed by atoms with Crippen LogP contribution in [0.15, 0.2) is 0 Å². The highest BCUT2D eigenvalue weighted by molar-refractivity contribution is 7.15. The number of nitrogens with one attached hydrogen (secondary N) is 1. The second-order valence-corrected chi connectivity index (χ2v) is 9.57. The molecule has 0 bridgehead atoms. The molecule has 1 N–H and O–H groups in total. The van der Waals surface area contributed by atoms with Gasteiger partial charge in [0.15, 0.2) is 5.13 Å². The van der Waals surface area contributed by atoms with Crippen LogP contribution in [0.1, 0.15) is 69.4 Å². The molecule has 0 unspecified atom stereocenters. The predicted octanol–water partition coefficient (Wildman–Crippen LogP) is 3.73. The lowest BCUT2D eigenvalue weighted by Crippen LogP contribution is -2.54. The average Bonchev–Trinajstić information content (AvgIpc) is 3.08. The zero-order chi connectivity index (χ0) is 22.4. The summed E-state index contributed by atoms with van der Waals surface area (Å²) in [5.74, 6) is -0.214. The topological polar surface area (TPSA) is 91.8 Å². The quantitative estimate of drug-likeness (QED) is 0.667. The van der Waals surface area contributed by atoms with E-state index in [-0.39, 0.29) is 36.4 Å². The molecule has 1 aliphatic carbocycles. The molecule has 0 spiro atoms. The highest BCUT2D eigenvalue weighted by Crippen LogP contribution is 2.30. The molecular weight excluding hydrogens is 416 g/mol. The van der Waals surface area contributed by atoms with E-state index in [9.17, 15) is 14.4 Å². The number of aromatic nitrogens is 1. The van der Waals surface area contributed by atoms with Crippen molar-refractivity contribution in [2.45, 2.75) is 84.2 Å². The van der Waals surface area contributed by atoms with E-state index in [4.69, 9.17) is 4.74 Å². The van der Waals surface area contributed by atoms with E-state index in [2.05, 4.69) is 10.3 Å².